The van der Waals surface area contributed by atoms with E-state index in [4.69, 9.17) is 5.73 Å². The van der Waals surface area contributed by atoms with Crippen LogP contribution in [-0.4, -0.2) is 21.5 Å². The maximum Gasteiger partial charge on any atom is 0.391 e. The molecule has 0 saturated heterocycles. The molecule has 2 N–H and O–H groups in total. The summed E-state index contributed by atoms with van der Waals surface area (Å²) in [6, 6.07) is 1.98. The molecule has 1 aromatic rings. The molecule has 0 atom stereocenters. The van der Waals surface area contributed by atoms with Crippen LogP contribution >= 0.6 is 0 Å². The molecule has 0 unspecified atom stereocenters. The summed E-state index contributed by atoms with van der Waals surface area (Å²) < 4.78 is 40.0. The first kappa shape index (κ1) is 15.4. The third kappa shape index (κ3) is 3.34. The number of hydrogen-bond donors (Lipinski definition) is 1. The van der Waals surface area contributed by atoms with Gasteiger partial charge < -0.3 is 5.73 Å². The van der Waals surface area contributed by atoms with E-state index in [9.17, 15) is 13.2 Å². The van der Waals surface area contributed by atoms with E-state index in [2.05, 4.69) is 5.10 Å². The van der Waals surface area contributed by atoms with Gasteiger partial charge in [0.1, 0.15) is 0 Å². The fourth-order valence-electron chi connectivity index (χ4n) is 3.07. The van der Waals surface area contributed by atoms with Gasteiger partial charge in [-0.15, -0.1) is 0 Å². The first-order chi connectivity index (χ1) is 9.23. The molecular weight excluding hydrogens is 267 g/mol. The number of aryl methyl sites for hydroxylation is 2. The largest absolute Gasteiger partial charge is 0.391 e. The first-order valence-electron chi connectivity index (χ1n) is 7.12. The lowest BCUT2D eigenvalue weighted by Gasteiger charge is -2.37. The number of nitrogens with two attached hydrogens (primary N) is 1. The molecule has 0 spiro atoms. The Morgan fingerprint density at radius 2 is 2.00 bits per heavy atom. The van der Waals surface area contributed by atoms with Crippen molar-refractivity contribution >= 4 is 0 Å². The lowest BCUT2D eigenvalue weighted by Crippen LogP contribution is -2.47. The predicted octanol–water partition coefficient (Wildman–Crippen LogP) is 3.20. The fourth-order valence-corrected chi connectivity index (χ4v) is 3.07. The van der Waals surface area contributed by atoms with Crippen molar-refractivity contribution in [2.24, 2.45) is 11.7 Å². The van der Waals surface area contributed by atoms with Crippen molar-refractivity contribution in [3.8, 4) is 0 Å². The Hall–Kier alpha value is -1.04. The summed E-state index contributed by atoms with van der Waals surface area (Å²) >= 11 is 0. The smallest absolute Gasteiger partial charge is 0.325 e. The zero-order valence-electron chi connectivity index (χ0n) is 12.0. The van der Waals surface area contributed by atoms with Crippen molar-refractivity contribution in [1.29, 1.82) is 0 Å². The van der Waals surface area contributed by atoms with E-state index in [1.807, 2.05) is 24.6 Å². The predicted molar refractivity (Wildman–Crippen MR) is 71.3 cm³/mol. The normalized spacial score (nSPS) is 27.8. The lowest BCUT2D eigenvalue weighted by atomic mass is 9.74. The number of nitrogens with zero attached hydrogens (tertiary/aromatic N) is 2. The highest BCUT2D eigenvalue weighted by Crippen LogP contribution is 2.41. The van der Waals surface area contributed by atoms with Crippen molar-refractivity contribution in [3.63, 3.8) is 0 Å². The van der Waals surface area contributed by atoms with E-state index in [-0.39, 0.29) is 12.8 Å². The minimum Gasteiger partial charge on any atom is -0.325 e. The Balaban J connectivity index is 2.03. The monoisotopic (exact) mass is 289 g/mol. The Bertz CT molecular complexity index is 457. The van der Waals surface area contributed by atoms with Crippen LogP contribution < -0.4 is 5.73 Å². The molecule has 0 amide bonds. The lowest BCUT2D eigenvalue weighted by molar-refractivity contribution is -0.184. The van der Waals surface area contributed by atoms with Crippen LogP contribution in [0.1, 0.15) is 44.0 Å². The van der Waals surface area contributed by atoms with Gasteiger partial charge in [-0.05, 0) is 45.6 Å². The number of aromatic nitrogens is 2. The molecule has 1 aliphatic carbocycles. The highest BCUT2D eigenvalue weighted by molar-refractivity contribution is 5.13. The van der Waals surface area contributed by atoms with Gasteiger partial charge in [0.25, 0.3) is 0 Å². The van der Waals surface area contributed by atoms with Crippen molar-refractivity contribution in [1.82, 2.24) is 9.78 Å². The van der Waals surface area contributed by atoms with E-state index >= 15 is 0 Å². The van der Waals surface area contributed by atoms with Crippen LogP contribution in [0, 0.1) is 12.8 Å². The average molecular weight is 289 g/mol. The summed E-state index contributed by atoms with van der Waals surface area (Å²) in [5.74, 6) is -1.18. The highest BCUT2D eigenvalue weighted by Gasteiger charge is 2.44. The molecule has 114 valence electrons. The Labute approximate surface area is 117 Å². The van der Waals surface area contributed by atoms with Gasteiger partial charge in [-0.3, -0.25) is 4.68 Å². The van der Waals surface area contributed by atoms with Gasteiger partial charge in [-0.2, -0.15) is 18.3 Å². The SMILES string of the molecule is CCn1nc(C)cc1CC1(N)CCC(C(F)(F)F)CC1. The molecule has 0 radical (unpaired) electrons. The molecule has 1 saturated carbocycles. The third-order valence-corrected chi connectivity index (χ3v) is 4.26. The molecule has 20 heavy (non-hydrogen) atoms. The van der Waals surface area contributed by atoms with Crippen LogP contribution in [-0.2, 0) is 13.0 Å². The molecule has 1 fully saturated rings. The van der Waals surface area contributed by atoms with Crippen LogP contribution in [0.5, 0.6) is 0 Å². The molecule has 1 aromatic heterocycles. The molecule has 1 heterocycles. The molecule has 0 aliphatic heterocycles. The van der Waals surface area contributed by atoms with Gasteiger partial charge in [0.05, 0.1) is 11.6 Å². The van der Waals surface area contributed by atoms with E-state index < -0.39 is 17.6 Å². The molecule has 6 heteroatoms. The van der Waals surface area contributed by atoms with Gasteiger partial charge in [-0.25, -0.2) is 0 Å². The van der Waals surface area contributed by atoms with Crippen molar-refractivity contribution in [3.05, 3.63) is 17.5 Å². The summed E-state index contributed by atoms with van der Waals surface area (Å²) in [6.07, 6.45) is -2.36. The standard InChI is InChI=1S/C14H22F3N3/c1-3-20-12(8-10(2)19-20)9-13(18)6-4-11(5-7-13)14(15,16)17/h8,11H,3-7,9,18H2,1-2H3. The Morgan fingerprint density at radius 1 is 1.40 bits per heavy atom. The van der Waals surface area contributed by atoms with Gasteiger partial charge in [0.2, 0.25) is 0 Å². The number of alkyl halides is 3. The molecule has 0 bridgehead atoms. The van der Waals surface area contributed by atoms with Gasteiger partial charge >= 0.3 is 6.18 Å². The molecule has 2 rings (SSSR count). The van der Waals surface area contributed by atoms with Crippen molar-refractivity contribution < 1.29 is 13.2 Å². The topological polar surface area (TPSA) is 43.8 Å². The molecule has 3 nitrogen and oxygen atoms in total. The zero-order chi connectivity index (χ0) is 15.0. The van der Waals surface area contributed by atoms with Crippen molar-refractivity contribution in [2.75, 3.05) is 0 Å². The minimum absolute atomic E-state index is 0.138. The van der Waals surface area contributed by atoms with Crippen molar-refractivity contribution in [2.45, 2.75) is 64.2 Å². The van der Waals surface area contributed by atoms with Crippen LogP contribution in [0.15, 0.2) is 6.07 Å². The van der Waals surface area contributed by atoms with E-state index in [0.29, 0.717) is 19.3 Å². The second-order valence-corrected chi connectivity index (χ2v) is 5.95. The fraction of sp³-hybridized carbons (Fsp3) is 0.786. The summed E-state index contributed by atoms with van der Waals surface area (Å²) in [5, 5.41) is 4.36. The van der Waals surface area contributed by atoms with Gasteiger partial charge in [0.15, 0.2) is 0 Å². The first-order valence-corrected chi connectivity index (χ1v) is 7.12. The Morgan fingerprint density at radius 3 is 2.50 bits per heavy atom. The van der Waals surface area contributed by atoms with Gasteiger partial charge in [0, 0.05) is 24.2 Å². The number of halogens is 3. The van der Waals surface area contributed by atoms with E-state index in [0.717, 1.165) is 17.9 Å². The summed E-state index contributed by atoms with van der Waals surface area (Å²) in [5.41, 5.74) is 7.75. The second-order valence-electron chi connectivity index (χ2n) is 5.95. The van der Waals surface area contributed by atoms with Crippen LogP contribution in [0.4, 0.5) is 13.2 Å². The van der Waals surface area contributed by atoms with Crippen LogP contribution in [0.2, 0.25) is 0 Å². The molecular formula is C14H22F3N3. The average Bonchev–Trinajstić information content (AvgIpc) is 2.68. The number of hydrogen-bond acceptors (Lipinski definition) is 2. The third-order valence-electron chi connectivity index (χ3n) is 4.26. The van der Waals surface area contributed by atoms with Gasteiger partial charge in [-0.1, -0.05) is 0 Å². The minimum atomic E-state index is -4.08. The van der Waals surface area contributed by atoms with Crippen LogP contribution in [0.3, 0.4) is 0 Å². The number of rotatable bonds is 3. The maximum atomic E-state index is 12.7. The van der Waals surface area contributed by atoms with E-state index in [1.54, 1.807) is 0 Å². The Kier molecular flexibility index (Phi) is 4.14. The summed E-state index contributed by atoms with van der Waals surface area (Å²) in [6.45, 7) is 4.67. The second kappa shape index (κ2) is 5.39. The van der Waals surface area contributed by atoms with E-state index in [1.165, 1.54) is 0 Å². The zero-order valence-corrected chi connectivity index (χ0v) is 12.0. The quantitative estimate of drug-likeness (QED) is 0.928. The maximum absolute atomic E-state index is 12.7. The molecule has 0 aromatic carbocycles. The highest BCUT2D eigenvalue weighted by atomic mass is 19.4. The molecule has 1 aliphatic rings. The summed E-state index contributed by atoms with van der Waals surface area (Å²) in [7, 11) is 0. The summed E-state index contributed by atoms with van der Waals surface area (Å²) in [4.78, 5) is 0. The van der Waals surface area contributed by atoms with Crippen LogP contribution in [0.25, 0.3) is 0 Å².